The van der Waals surface area contributed by atoms with E-state index in [-0.39, 0.29) is 36.8 Å². The van der Waals surface area contributed by atoms with Gasteiger partial charge in [-0.25, -0.2) is 4.79 Å². The molecule has 0 spiro atoms. The topological polar surface area (TPSA) is 113 Å². The molecule has 2 fully saturated rings. The van der Waals surface area contributed by atoms with Crippen molar-refractivity contribution in [1.82, 2.24) is 10.2 Å². The van der Waals surface area contributed by atoms with Crippen LogP contribution in [0.5, 0.6) is 0 Å². The highest BCUT2D eigenvalue weighted by molar-refractivity contribution is 9.11. The number of esters is 1. The molecule has 2 aromatic carbocycles. The normalized spacial score (nSPS) is 25.3. The number of β-lactam (4-membered cyclic amide) rings is 1. The Balaban J connectivity index is 1.44. The molecule has 4 rings (SSSR count). The number of halogens is 1. The van der Waals surface area contributed by atoms with E-state index in [9.17, 15) is 24.3 Å². The molecule has 2 heterocycles. The number of nitrogens with zero attached hydrogens (tertiary/aromatic N) is 1. The summed E-state index contributed by atoms with van der Waals surface area (Å²) < 4.78 is 3.09. The Morgan fingerprint density at radius 2 is 1.89 bits per heavy atom. The monoisotopic (exact) mass is 578 g/mol. The molecule has 0 aliphatic carbocycles. The Hall–Kier alpha value is -2.50. The maximum absolute atomic E-state index is 12.9. The number of carbonyl (C=O) groups is 4. The minimum atomic E-state index is -1.36. The lowest BCUT2D eigenvalue weighted by molar-refractivity contribution is -0.152. The minimum absolute atomic E-state index is 0.0237. The van der Waals surface area contributed by atoms with Crippen LogP contribution in [0.1, 0.15) is 22.8 Å². The van der Waals surface area contributed by atoms with Crippen LogP contribution in [0.4, 0.5) is 0 Å². The number of nitrogens with one attached hydrogen (secondary N) is 1. The van der Waals surface area contributed by atoms with Gasteiger partial charge in [0.05, 0.1) is 22.8 Å². The molecular weight excluding hydrogens is 556 g/mol. The first-order valence-corrected chi connectivity index (χ1v) is 13.6. The fourth-order valence-corrected chi connectivity index (χ4v) is 7.89. The van der Waals surface area contributed by atoms with Crippen molar-refractivity contribution in [2.24, 2.45) is 0 Å². The van der Waals surface area contributed by atoms with Gasteiger partial charge < -0.3 is 20.1 Å². The standard InChI is InChI=1S/C24H23BrN2O6S2/c1-2-33-21(30)15-8-10-16(11-9-15)35-24(23(31)32)13-27-19(29)18(20(27)34-22(24)25)26-17(28)12-14-6-4-3-5-7-14/h3-11,18,20,22H,2,12-13H2,1H3,(H,26,28)(H,31,32)/t18-,20-,22?,24?/m1/s1. The number of carboxylic acid groups (broad SMARTS) is 1. The highest BCUT2D eigenvalue weighted by atomic mass is 79.9. The Morgan fingerprint density at radius 1 is 1.20 bits per heavy atom. The molecule has 11 heteroatoms. The van der Waals surface area contributed by atoms with Gasteiger partial charge in [0.1, 0.15) is 11.4 Å². The Kier molecular flexibility index (Phi) is 7.77. The maximum Gasteiger partial charge on any atom is 0.338 e. The molecule has 0 saturated carbocycles. The van der Waals surface area contributed by atoms with Crippen molar-refractivity contribution < 1.29 is 29.0 Å². The molecule has 2 N–H and O–H groups in total. The molecule has 8 nitrogen and oxygen atoms in total. The highest BCUT2D eigenvalue weighted by Gasteiger charge is 2.61. The van der Waals surface area contributed by atoms with Crippen molar-refractivity contribution in [2.45, 2.75) is 38.6 Å². The largest absolute Gasteiger partial charge is 0.480 e. The average molecular weight is 579 g/mol. The molecule has 2 amide bonds. The Morgan fingerprint density at radius 3 is 2.51 bits per heavy atom. The van der Waals surface area contributed by atoms with Crippen LogP contribution in [0.15, 0.2) is 59.5 Å². The number of rotatable bonds is 8. The molecule has 184 valence electrons. The lowest BCUT2D eigenvalue weighted by Crippen LogP contribution is -2.75. The number of carbonyl (C=O) groups excluding carboxylic acids is 3. The zero-order valence-corrected chi connectivity index (χ0v) is 21.9. The number of alkyl halides is 1. The quantitative estimate of drug-likeness (QED) is 0.279. The lowest BCUT2D eigenvalue weighted by atomic mass is 10.0. The molecule has 2 saturated heterocycles. The van der Waals surface area contributed by atoms with Crippen molar-refractivity contribution >= 4 is 63.2 Å². The first kappa shape index (κ1) is 25.6. The summed E-state index contributed by atoms with van der Waals surface area (Å²) in [5.74, 6) is -2.06. The number of ether oxygens (including phenoxy) is 1. The summed E-state index contributed by atoms with van der Waals surface area (Å²) in [5.41, 5.74) is 1.22. The third-order valence-electron chi connectivity index (χ3n) is 5.72. The zero-order chi connectivity index (χ0) is 25.2. The molecule has 4 atom stereocenters. The van der Waals surface area contributed by atoms with Gasteiger partial charge in [0, 0.05) is 11.4 Å². The predicted molar refractivity (Wildman–Crippen MR) is 137 cm³/mol. The summed E-state index contributed by atoms with van der Waals surface area (Å²) in [5, 5.41) is 12.6. The van der Waals surface area contributed by atoms with Gasteiger partial charge in [-0.2, -0.15) is 0 Å². The number of aliphatic carboxylic acids is 1. The van der Waals surface area contributed by atoms with Gasteiger partial charge in [-0.15, -0.1) is 23.5 Å². The first-order valence-electron chi connectivity index (χ1n) is 10.9. The summed E-state index contributed by atoms with van der Waals surface area (Å²) >= 11 is 5.95. The summed E-state index contributed by atoms with van der Waals surface area (Å²) in [6.45, 7) is 1.96. The van der Waals surface area contributed by atoms with E-state index in [2.05, 4.69) is 21.2 Å². The van der Waals surface area contributed by atoms with Crippen LogP contribution in [0, 0.1) is 0 Å². The van der Waals surface area contributed by atoms with Gasteiger partial charge in [0.15, 0.2) is 4.75 Å². The second-order valence-electron chi connectivity index (χ2n) is 8.06. The molecule has 35 heavy (non-hydrogen) atoms. The number of hydrogen-bond donors (Lipinski definition) is 2. The van der Waals surface area contributed by atoms with E-state index in [1.54, 1.807) is 31.2 Å². The summed E-state index contributed by atoms with van der Waals surface area (Å²) in [6, 6.07) is 15.1. The number of amides is 2. The van der Waals surface area contributed by atoms with Crippen molar-refractivity contribution in [1.29, 1.82) is 0 Å². The van der Waals surface area contributed by atoms with Crippen LogP contribution in [-0.4, -0.2) is 67.2 Å². The van der Waals surface area contributed by atoms with Crippen molar-refractivity contribution in [3.63, 3.8) is 0 Å². The van der Waals surface area contributed by atoms with E-state index in [4.69, 9.17) is 4.74 Å². The van der Waals surface area contributed by atoms with Crippen molar-refractivity contribution in [2.75, 3.05) is 13.2 Å². The second kappa shape index (κ2) is 10.6. The predicted octanol–water partition coefficient (Wildman–Crippen LogP) is 3.14. The van der Waals surface area contributed by atoms with E-state index in [0.717, 1.165) is 17.3 Å². The smallest absolute Gasteiger partial charge is 0.338 e. The first-order chi connectivity index (χ1) is 16.7. The van der Waals surface area contributed by atoms with Gasteiger partial charge in [-0.1, -0.05) is 46.3 Å². The molecule has 2 unspecified atom stereocenters. The molecule has 0 radical (unpaired) electrons. The van der Waals surface area contributed by atoms with Gasteiger partial charge >= 0.3 is 11.9 Å². The lowest BCUT2D eigenvalue weighted by Gasteiger charge is -2.55. The van der Waals surface area contributed by atoms with Crippen molar-refractivity contribution in [3.05, 3.63) is 65.7 Å². The van der Waals surface area contributed by atoms with E-state index >= 15 is 0 Å². The van der Waals surface area contributed by atoms with E-state index < -0.39 is 26.9 Å². The SMILES string of the molecule is CCOC(=O)c1ccc(SC2(C(=O)O)CN3C(=O)[C@@H](NC(=O)Cc4ccccc4)[C@H]3SC2Br)cc1. The van der Waals surface area contributed by atoms with Gasteiger partial charge in [0.25, 0.3) is 0 Å². The van der Waals surface area contributed by atoms with E-state index in [1.807, 2.05) is 30.3 Å². The van der Waals surface area contributed by atoms with Crippen LogP contribution >= 0.6 is 39.5 Å². The van der Waals surface area contributed by atoms with Crippen LogP contribution in [0.3, 0.4) is 0 Å². The number of hydrogen-bond acceptors (Lipinski definition) is 7. The van der Waals surface area contributed by atoms with Crippen LogP contribution in [-0.2, 0) is 25.5 Å². The van der Waals surface area contributed by atoms with Gasteiger partial charge in [0.2, 0.25) is 11.8 Å². The third kappa shape index (κ3) is 5.22. The molecule has 0 aromatic heterocycles. The second-order valence-corrected chi connectivity index (χ2v) is 12.2. The fraction of sp³-hybridized carbons (Fsp3) is 0.333. The van der Waals surface area contributed by atoms with E-state index in [0.29, 0.717) is 10.5 Å². The molecule has 2 aromatic rings. The van der Waals surface area contributed by atoms with Gasteiger partial charge in [-0.3, -0.25) is 14.4 Å². The number of carboxylic acids is 1. The number of fused-ring (bicyclic) bond motifs is 1. The molecule has 2 aliphatic rings. The number of thioether (sulfide) groups is 2. The highest BCUT2D eigenvalue weighted by Crippen LogP contribution is 2.52. The molecular formula is C24H23BrN2O6S2. The summed E-state index contributed by atoms with van der Waals surface area (Å²) in [7, 11) is 0. The number of benzene rings is 2. The average Bonchev–Trinajstić information content (AvgIpc) is 2.84. The summed E-state index contributed by atoms with van der Waals surface area (Å²) in [4.78, 5) is 51.8. The van der Waals surface area contributed by atoms with Crippen LogP contribution < -0.4 is 5.32 Å². The van der Waals surface area contributed by atoms with Crippen molar-refractivity contribution in [3.8, 4) is 0 Å². The van der Waals surface area contributed by atoms with Crippen LogP contribution in [0.25, 0.3) is 0 Å². The Labute approximate surface area is 219 Å². The van der Waals surface area contributed by atoms with Gasteiger partial charge in [-0.05, 0) is 36.8 Å². The third-order valence-corrected chi connectivity index (χ3v) is 10.5. The minimum Gasteiger partial charge on any atom is -0.480 e. The zero-order valence-electron chi connectivity index (χ0n) is 18.7. The molecule has 2 aliphatic heterocycles. The fourth-order valence-electron chi connectivity index (χ4n) is 3.91. The van der Waals surface area contributed by atoms with Crippen LogP contribution in [0.2, 0.25) is 0 Å². The Bertz CT molecular complexity index is 1130. The van der Waals surface area contributed by atoms with E-state index in [1.165, 1.54) is 16.7 Å². The molecule has 0 bridgehead atoms. The summed E-state index contributed by atoms with van der Waals surface area (Å²) in [6.07, 6.45) is 0.163. The maximum atomic E-state index is 12.9.